The first-order chi connectivity index (χ1) is 10.2. The molecule has 0 aliphatic heterocycles. The Balaban J connectivity index is 2.06. The van der Waals surface area contributed by atoms with E-state index < -0.39 is 0 Å². The molecule has 0 radical (unpaired) electrons. The third kappa shape index (κ3) is 3.85. The number of hydrogen-bond donors (Lipinski definition) is 0. The van der Waals surface area contributed by atoms with E-state index >= 15 is 0 Å². The van der Waals surface area contributed by atoms with E-state index in [-0.39, 0.29) is 0 Å². The molecule has 1 aromatic heterocycles. The maximum Gasteiger partial charge on any atom is 0.137 e. The van der Waals surface area contributed by atoms with Crippen molar-refractivity contribution >= 4 is 15.9 Å². The molecule has 5 heteroatoms. The van der Waals surface area contributed by atoms with Crippen molar-refractivity contribution < 1.29 is 4.74 Å². The molecule has 2 rings (SSSR count). The van der Waals surface area contributed by atoms with E-state index in [1.165, 1.54) is 0 Å². The van der Waals surface area contributed by atoms with E-state index in [0.29, 0.717) is 24.0 Å². The Morgan fingerprint density at radius 1 is 1.33 bits per heavy atom. The highest BCUT2D eigenvalue weighted by Crippen LogP contribution is 2.23. The van der Waals surface area contributed by atoms with Crippen LogP contribution in [-0.2, 0) is 6.61 Å². The molecule has 0 bridgehead atoms. The Morgan fingerprint density at radius 2 is 2.10 bits per heavy atom. The van der Waals surface area contributed by atoms with Crippen LogP contribution in [0.25, 0.3) is 0 Å². The van der Waals surface area contributed by atoms with E-state index in [0.717, 1.165) is 23.0 Å². The van der Waals surface area contributed by atoms with Gasteiger partial charge in [-0.15, -0.1) is 0 Å². The predicted octanol–water partition coefficient (Wildman–Crippen LogP) is 4.46. The Labute approximate surface area is 133 Å². The van der Waals surface area contributed by atoms with Gasteiger partial charge in [-0.2, -0.15) is 10.4 Å². The van der Waals surface area contributed by atoms with Crippen LogP contribution in [0.5, 0.6) is 5.75 Å². The van der Waals surface area contributed by atoms with Gasteiger partial charge in [0.1, 0.15) is 18.4 Å². The third-order valence-electron chi connectivity index (χ3n) is 3.42. The number of nitrogens with zero attached hydrogens (tertiary/aromatic N) is 3. The number of ether oxygens (including phenoxy) is 1. The van der Waals surface area contributed by atoms with Gasteiger partial charge in [0.05, 0.1) is 17.3 Å². The summed E-state index contributed by atoms with van der Waals surface area (Å²) in [6.45, 7) is 4.68. The standard InChI is InChI=1S/C16H18BrN3O/c1-3-15(4-2)20-8-7-14(19-20)11-21-16-6-5-13(17)9-12(16)10-18/h5-9,15H,3-4,11H2,1-2H3. The molecule has 0 saturated heterocycles. The lowest BCUT2D eigenvalue weighted by Crippen LogP contribution is -2.08. The van der Waals surface area contributed by atoms with Crippen molar-refractivity contribution in [3.05, 3.63) is 46.2 Å². The molecule has 21 heavy (non-hydrogen) atoms. The summed E-state index contributed by atoms with van der Waals surface area (Å²) in [6, 6.07) is 9.93. The van der Waals surface area contributed by atoms with Gasteiger partial charge >= 0.3 is 0 Å². The third-order valence-corrected chi connectivity index (χ3v) is 3.91. The van der Waals surface area contributed by atoms with E-state index in [4.69, 9.17) is 10.00 Å². The lowest BCUT2D eigenvalue weighted by Gasteiger charge is -2.12. The minimum absolute atomic E-state index is 0.365. The average molecular weight is 348 g/mol. The molecule has 0 aliphatic rings. The van der Waals surface area contributed by atoms with Crippen molar-refractivity contribution in [1.82, 2.24) is 9.78 Å². The van der Waals surface area contributed by atoms with Gasteiger partial charge < -0.3 is 4.74 Å². The largest absolute Gasteiger partial charge is 0.486 e. The number of nitriles is 1. The molecule has 110 valence electrons. The number of halogens is 1. The molecule has 0 atom stereocenters. The summed E-state index contributed by atoms with van der Waals surface area (Å²) in [5.41, 5.74) is 1.39. The van der Waals surface area contributed by atoms with Gasteiger partial charge in [0.15, 0.2) is 0 Å². The maximum absolute atomic E-state index is 9.11. The second kappa shape index (κ2) is 7.28. The zero-order valence-electron chi connectivity index (χ0n) is 12.2. The summed E-state index contributed by atoms with van der Waals surface area (Å²) in [5, 5.41) is 13.7. The van der Waals surface area contributed by atoms with Crippen LogP contribution in [0.1, 0.15) is 44.0 Å². The van der Waals surface area contributed by atoms with E-state index in [2.05, 4.69) is 40.9 Å². The van der Waals surface area contributed by atoms with E-state index in [1.54, 1.807) is 12.1 Å². The first kappa shape index (κ1) is 15.6. The molecule has 0 N–H and O–H groups in total. The molecule has 0 fully saturated rings. The Bertz CT molecular complexity index is 641. The van der Waals surface area contributed by atoms with Crippen LogP contribution in [0, 0.1) is 11.3 Å². The molecule has 0 saturated carbocycles. The van der Waals surface area contributed by atoms with Crippen LogP contribution in [0.2, 0.25) is 0 Å². The average Bonchev–Trinajstić information content (AvgIpc) is 2.96. The zero-order chi connectivity index (χ0) is 15.2. The minimum atomic E-state index is 0.365. The van der Waals surface area contributed by atoms with Crippen LogP contribution in [0.15, 0.2) is 34.9 Å². The van der Waals surface area contributed by atoms with Gasteiger partial charge in [-0.05, 0) is 37.1 Å². The molecule has 0 unspecified atom stereocenters. The van der Waals surface area contributed by atoms with Crippen LogP contribution in [0.3, 0.4) is 0 Å². The molecule has 1 aromatic carbocycles. The van der Waals surface area contributed by atoms with Crippen molar-refractivity contribution in [3.63, 3.8) is 0 Å². The number of hydrogen-bond acceptors (Lipinski definition) is 3. The zero-order valence-corrected chi connectivity index (χ0v) is 13.8. The summed E-state index contributed by atoms with van der Waals surface area (Å²) in [5.74, 6) is 0.581. The van der Waals surface area contributed by atoms with Gasteiger partial charge in [-0.1, -0.05) is 29.8 Å². The normalized spacial score (nSPS) is 10.6. The van der Waals surface area contributed by atoms with E-state index in [1.807, 2.05) is 23.0 Å². The van der Waals surface area contributed by atoms with Crippen LogP contribution < -0.4 is 4.74 Å². The molecule has 2 aromatic rings. The molecular formula is C16H18BrN3O. The van der Waals surface area contributed by atoms with Gasteiger partial charge in [-0.3, -0.25) is 4.68 Å². The highest BCUT2D eigenvalue weighted by atomic mass is 79.9. The first-order valence-corrected chi connectivity index (χ1v) is 7.83. The van der Waals surface area contributed by atoms with Crippen molar-refractivity contribution in [2.45, 2.75) is 39.3 Å². The number of benzene rings is 1. The summed E-state index contributed by atoms with van der Waals surface area (Å²) >= 11 is 3.35. The van der Waals surface area contributed by atoms with Gasteiger partial charge in [0, 0.05) is 10.7 Å². The first-order valence-electron chi connectivity index (χ1n) is 7.04. The highest BCUT2D eigenvalue weighted by molar-refractivity contribution is 9.10. The molecule has 1 heterocycles. The highest BCUT2D eigenvalue weighted by Gasteiger charge is 2.09. The van der Waals surface area contributed by atoms with Crippen molar-refractivity contribution in [2.24, 2.45) is 0 Å². The Morgan fingerprint density at radius 3 is 2.76 bits per heavy atom. The van der Waals surface area contributed by atoms with Crippen molar-refractivity contribution in [1.29, 1.82) is 5.26 Å². The summed E-state index contributed by atoms with van der Waals surface area (Å²) < 4.78 is 8.57. The fourth-order valence-electron chi connectivity index (χ4n) is 2.19. The summed E-state index contributed by atoms with van der Waals surface area (Å²) in [7, 11) is 0. The van der Waals surface area contributed by atoms with Crippen molar-refractivity contribution in [3.8, 4) is 11.8 Å². The van der Waals surface area contributed by atoms with E-state index in [9.17, 15) is 0 Å². The number of aromatic nitrogens is 2. The molecule has 4 nitrogen and oxygen atoms in total. The Hall–Kier alpha value is -1.80. The lowest BCUT2D eigenvalue weighted by molar-refractivity contribution is 0.296. The van der Waals surface area contributed by atoms with Gasteiger partial charge in [-0.25, -0.2) is 0 Å². The topological polar surface area (TPSA) is 50.8 Å². The smallest absolute Gasteiger partial charge is 0.137 e. The van der Waals surface area contributed by atoms with Crippen LogP contribution in [0.4, 0.5) is 0 Å². The lowest BCUT2D eigenvalue weighted by atomic mass is 10.2. The fourth-order valence-corrected chi connectivity index (χ4v) is 2.55. The predicted molar refractivity (Wildman–Crippen MR) is 85.0 cm³/mol. The van der Waals surface area contributed by atoms with Gasteiger partial charge in [0.25, 0.3) is 0 Å². The second-order valence-electron chi connectivity index (χ2n) is 4.80. The molecular weight excluding hydrogens is 330 g/mol. The van der Waals surface area contributed by atoms with Crippen LogP contribution >= 0.6 is 15.9 Å². The SMILES string of the molecule is CCC(CC)n1ccc(COc2ccc(Br)cc2C#N)n1. The minimum Gasteiger partial charge on any atom is -0.486 e. The second-order valence-corrected chi connectivity index (χ2v) is 5.71. The Kier molecular flexibility index (Phi) is 5.40. The molecule has 0 aliphatic carbocycles. The molecule has 0 amide bonds. The summed E-state index contributed by atoms with van der Waals surface area (Å²) in [4.78, 5) is 0. The quantitative estimate of drug-likeness (QED) is 0.775. The molecule has 0 spiro atoms. The number of rotatable bonds is 6. The monoisotopic (exact) mass is 347 g/mol. The summed E-state index contributed by atoms with van der Waals surface area (Å²) in [6.07, 6.45) is 4.11. The van der Waals surface area contributed by atoms with Crippen LogP contribution in [-0.4, -0.2) is 9.78 Å². The van der Waals surface area contributed by atoms with Crippen molar-refractivity contribution in [2.75, 3.05) is 0 Å². The van der Waals surface area contributed by atoms with Gasteiger partial charge in [0.2, 0.25) is 0 Å². The fraction of sp³-hybridized carbons (Fsp3) is 0.375. The maximum atomic E-state index is 9.11.